The summed E-state index contributed by atoms with van der Waals surface area (Å²) in [6.07, 6.45) is 0.183. The van der Waals surface area contributed by atoms with Gasteiger partial charge in [0.2, 0.25) is 5.91 Å². The summed E-state index contributed by atoms with van der Waals surface area (Å²) < 4.78 is 5.49. The Hall–Kier alpha value is -4.26. The molecule has 0 aliphatic carbocycles. The summed E-state index contributed by atoms with van der Waals surface area (Å²) >= 11 is 0. The summed E-state index contributed by atoms with van der Waals surface area (Å²) in [5.74, 6) is -2.01. The molecule has 5 rings (SSSR count). The number of fused-ring (bicyclic) bond motifs is 2. The maximum Gasteiger partial charge on any atom is 0.328 e. The number of carbonyl (C=O) groups is 4. The minimum absolute atomic E-state index is 0.0878. The fourth-order valence-electron chi connectivity index (χ4n) is 4.66. The van der Waals surface area contributed by atoms with E-state index in [2.05, 4.69) is 0 Å². The summed E-state index contributed by atoms with van der Waals surface area (Å²) in [6.45, 7) is 1.87. The topological polar surface area (TPSA) is 84.0 Å². The number of hydrogen-bond donors (Lipinski definition) is 0. The zero-order chi connectivity index (χ0) is 24.5. The highest BCUT2D eigenvalue weighted by Gasteiger charge is 2.46. The summed E-state index contributed by atoms with van der Waals surface area (Å²) in [6, 6.07) is 21.4. The van der Waals surface area contributed by atoms with E-state index in [4.69, 9.17) is 4.74 Å². The van der Waals surface area contributed by atoms with E-state index in [-0.39, 0.29) is 30.7 Å². The first-order valence-electron chi connectivity index (χ1n) is 11.5. The third-order valence-electron chi connectivity index (χ3n) is 6.61. The number of benzene rings is 3. The highest BCUT2D eigenvalue weighted by Crippen LogP contribution is 2.30. The van der Waals surface area contributed by atoms with Gasteiger partial charge in [-0.3, -0.25) is 19.3 Å². The van der Waals surface area contributed by atoms with E-state index in [1.807, 2.05) is 54.6 Å². The van der Waals surface area contributed by atoms with Crippen molar-refractivity contribution in [3.8, 4) is 0 Å². The standard InChI is InChI=1S/C28H24N2O5/c1-18(28(34)35-17-19-9-3-2-4-10-19)29-16-21-12-6-5-11-20(21)15-24(27(29)33)30-25(31)22-13-7-8-14-23(22)26(30)32/h2-14,18,24H,15-17H2,1H3/t18-,24?/m0/s1. The predicted molar refractivity (Wildman–Crippen MR) is 127 cm³/mol. The lowest BCUT2D eigenvalue weighted by atomic mass is 10.0. The van der Waals surface area contributed by atoms with Crippen LogP contribution in [0.2, 0.25) is 0 Å². The van der Waals surface area contributed by atoms with Gasteiger partial charge in [0.1, 0.15) is 18.7 Å². The summed E-state index contributed by atoms with van der Waals surface area (Å²) in [4.78, 5) is 55.6. The van der Waals surface area contributed by atoms with Crippen LogP contribution in [0, 0.1) is 0 Å². The van der Waals surface area contributed by atoms with E-state index in [1.165, 1.54) is 4.90 Å². The lowest BCUT2D eigenvalue weighted by Crippen LogP contribution is -2.54. The third kappa shape index (κ3) is 4.10. The van der Waals surface area contributed by atoms with Gasteiger partial charge >= 0.3 is 5.97 Å². The van der Waals surface area contributed by atoms with Gasteiger partial charge in [0.25, 0.3) is 11.8 Å². The van der Waals surface area contributed by atoms with E-state index in [0.717, 1.165) is 21.6 Å². The molecule has 3 aromatic carbocycles. The highest BCUT2D eigenvalue weighted by atomic mass is 16.5. The molecule has 2 heterocycles. The summed E-state index contributed by atoms with van der Waals surface area (Å²) in [7, 11) is 0. The fourth-order valence-corrected chi connectivity index (χ4v) is 4.66. The molecule has 1 unspecified atom stereocenters. The molecular formula is C28H24N2O5. The van der Waals surface area contributed by atoms with Crippen molar-refractivity contribution in [3.63, 3.8) is 0 Å². The Labute approximate surface area is 202 Å². The SMILES string of the molecule is C[C@@H](C(=O)OCc1ccccc1)N1Cc2ccccc2CC(N2C(=O)c3ccccc3C2=O)C1=O. The van der Waals surface area contributed by atoms with Crippen LogP contribution in [0.1, 0.15) is 44.3 Å². The monoisotopic (exact) mass is 468 g/mol. The maximum absolute atomic E-state index is 13.8. The molecule has 7 heteroatoms. The van der Waals surface area contributed by atoms with Gasteiger partial charge < -0.3 is 9.64 Å². The lowest BCUT2D eigenvalue weighted by Gasteiger charge is -2.32. The van der Waals surface area contributed by atoms with Crippen LogP contribution in [-0.4, -0.2) is 45.6 Å². The van der Waals surface area contributed by atoms with Crippen molar-refractivity contribution >= 4 is 23.7 Å². The molecular weight excluding hydrogens is 444 g/mol. The molecule has 2 aliphatic rings. The number of rotatable bonds is 5. The average molecular weight is 469 g/mol. The number of carbonyl (C=O) groups excluding carboxylic acids is 4. The lowest BCUT2D eigenvalue weighted by molar-refractivity contribution is -0.157. The minimum Gasteiger partial charge on any atom is -0.459 e. The van der Waals surface area contributed by atoms with Crippen LogP contribution in [0.4, 0.5) is 0 Å². The fraction of sp³-hybridized carbons (Fsp3) is 0.214. The Morgan fingerprint density at radius 2 is 1.43 bits per heavy atom. The van der Waals surface area contributed by atoms with Gasteiger partial charge in [0, 0.05) is 13.0 Å². The van der Waals surface area contributed by atoms with E-state index in [9.17, 15) is 19.2 Å². The molecule has 176 valence electrons. The molecule has 2 atom stereocenters. The Balaban J connectivity index is 1.45. The van der Waals surface area contributed by atoms with Gasteiger partial charge in [0.05, 0.1) is 11.1 Å². The predicted octanol–water partition coefficient (Wildman–Crippen LogP) is 3.37. The van der Waals surface area contributed by atoms with E-state index < -0.39 is 35.8 Å². The van der Waals surface area contributed by atoms with Crippen molar-refractivity contribution in [1.82, 2.24) is 9.80 Å². The maximum atomic E-state index is 13.8. The van der Waals surface area contributed by atoms with Gasteiger partial charge in [-0.2, -0.15) is 0 Å². The van der Waals surface area contributed by atoms with Crippen molar-refractivity contribution in [2.24, 2.45) is 0 Å². The van der Waals surface area contributed by atoms with Crippen LogP contribution in [0.5, 0.6) is 0 Å². The molecule has 0 fully saturated rings. The number of hydrogen-bond acceptors (Lipinski definition) is 5. The second kappa shape index (κ2) is 9.18. The number of amides is 3. The van der Waals surface area contributed by atoms with Crippen LogP contribution in [0.15, 0.2) is 78.9 Å². The van der Waals surface area contributed by atoms with Crippen LogP contribution in [0.25, 0.3) is 0 Å². The van der Waals surface area contributed by atoms with E-state index in [0.29, 0.717) is 0 Å². The number of imide groups is 1. The third-order valence-corrected chi connectivity index (χ3v) is 6.61. The average Bonchev–Trinajstić information content (AvgIpc) is 3.04. The molecule has 2 aliphatic heterocycles. The van der Waals surface area contributed by atoms with E-state index >= 15 is 0 Å². The van der Waals surface area contributed by atoms with Crippen LogP contribution < -0.4 is 0 Å². The molecule has 3 aromatic rings. The Morgan fingerprint density at radius 3 is 2.09 bits per heavy atom. The van der Waals surface area contributed by atoms with Gasteiger partial charge in [-0.25, -0.2) is 4.79 Å². The number of nitrogens with zero attached hydrogens (tertiary/aromatic N) is 2. The second-order valence-corrected chi connectivity index (χ2v) is 8.75. The van der Waals surface area contributed by atoms with Gasteiger partial charge in [0.15, 0.2) is 0 Å². The van der Waals surface area contributed by atoms with Crippen molar-refractivity contribution in [3.05, 3.63) is 107 Å². The molecule has 3 amide bonds. The van der Waals surface area contributed by atoms with Crippen molar-refractivity contribution in [1.29, 1.82) is 0 Å². The molecule has 0 saturated carbocycles. The zero-order valence-electron chi connectivity index (χ0n) is 19.2. The Morgan fingerprint density at radius 1 is 0.857 bits per heavy atom. The summed E-state index contributed by atoms with van der Waals surface area (Å²) in [5.41, 5.74) is 3.12. The molecule has 0 radical (unpaired) electrons. The number of ether oxygens (including phenoxy) is 1. The summed E-state index contributed by atoms with van der Waals surface area (Å²) in [5, 5.41) is 0. The van der Waals surface area contributed by atoms with Crippen molar-refractivity contribution in [2.75, 3.05) is 0 Å². The van der Waals surface area contributed by atoms with Crippen LogP contribution >= 0.6 is 0 Å². The smallest absolute Gasteiger partial charge is 0.328 e. The van der Waals surface area contributed by atoms with Crippen molar-refractivity contribution < 1.29 is 23.9 Å². The number of esters is 1. The van der Waals surface area contributed by atoms with Crippen molar-refractivity contribution in [2.45, 2.75) is 38.6 Å². The van der Waals surface area contributed by atoms with Crippen LogP contribution in [-0.2, 0) is 33.9 Å². The first-order chi connectivity index (χ1) is 17.0. The second-order valence-electron chi connectivity index (χ2n) is 8.75. The first kappa shape index (κ1) is 22.5. The zero-order valence-corrected chi connectivity index (χ0v) is 19.2. The Kier molecular flexibility index (Phi) is 5.91. The largest absolute Gasteiger partial charge is 0.459 e. The van der Waals surface area contributed by atoms with Gasteiger partial charge in [-0.1, -0.05) is 66.7 Å². The first-order valence-corrected chi connectivity index (χ1v) is 11.5. The normalized spacial score (nSPS) is 18.1. The molecule has 7 nitrogen and oxygen atoms in total. The molecule has 35 heavy (non-hydrogen) atoms. The molecule has 0 saturated heterocycles. The minimum atomic E-state index is -1.06. The van der Waals surface area contributed by atoms with Gasteiger partial charge in [-0.15, -0.1) is 0 Å². The van der Waals surface area contributed by atoms with Crippen LogP contribution in [0.3, 0.4) is 0 Å². The highest BCUT2D eigenvalue weighted by molar-refractivity contribution is 6.23. The Bertz CT molecular complexity index is 1280. The van der Waals surface area contributed by atoms with Gasteiger partial charge in [-0.05, 0) is 35.7 Å². The molecule has 0 bridgehead atoms. The quantitative estimate of drug-likeness (QED) is 0.424. The molecule has 0 aromatic heterocycles. The van der Waals surface area contributed by atoms with E-state index in [1.54, 1.807) is 31.2 Å². The molecule has 0 N–H and O–H groups in total. The molecule has 0 spiro atoms.